The number of hydrogen-bond donors (Lipinski definition) is 1. The zero-order valence-corrected chi connectivity index (χ0v) is 15.2. The maximum absolute atomic E-state index is 12.4. The fourth-order valence-corrected chi connectivity index (χ4v) is 4.39. The smallest absolute Gasteiger partial charge is 0.241 e. The van der Waals surface area contributed by atoms with E-state index in [2.05, 4.69) is 5.32 Å². The summed E-state index contributed by atoms with van der Waals surface area (Å²) in [5.74, 6) is -0.341. The SMILES string of the molecule is O=C(NCC(=O)N1CCCCC1)C1CC(=O)N(C2CCCCCC2)C1. The summed E-state index contributed by atoms with van der Waals surface area (Å²) in [6.07, 6.45) is 10.5. The van der Waals surface area contributed by atoms with Crippen molar-refractivity contribution in [2.45, 2.75) is 70.3 Å². The molecule has 2 heterocycles. The number of amides is 3. The quantitative estimate of drug-likeness (QED) is 0.785. The molecule has 3 aliphatic rings. The molecule has 0 bridgehead atoms. The maximum atomic E-state index is 12.4. The van der Waals surface area contributed by atoms with Gasteiger partial charge in [0.25, 0.3) is 0 Å². The number of hydrogen-bond acceptors (Lipinski definition) is 3. The Balaban J connectivity index is 1.46. The number of carbonyl (C=O) groups excluding carboxylic acids is 3. The van der Waals surface area contributed by atoms with E-state index >= 15 is 0 Å². The second-order valence-electron chi connectivity index (χ2n) is 7.75. The number of piperidine rings is 1. The van der Waals surface area contributed by atoms with Crippen LogP contribution in [0, 0.1) is 5.92 Å². The minimum absolute atomic E-state index is 0.00185. The third-order valence-corrected chi connectivity index (χ3v) is 5.92. The lowest BCUT2D eigenvalue weighted by atomic mass is 10.1. The van der Waals surface area contributed by atoms with Crippen LogP contribution in [0.3, 0.4) is 0 Å². The minimum atomic E-state index is -0.301. The Morgan fingerprint density at radius 1 is 0.960 bits per heavy atom. The normalized spacial score (nSPS) is 25.8. The summed E-state index contributed by atoms with van der Waals surface area (Å²) >= 11 is 0. The first kappa shape index (κ1) is 18.2. The number of rotatable bonds is 4. The summed E-state index contributed by atoms with van der Waals surface area (Å²) in [6, 6.07) is 0.308. The van der Waals surface area contributed by atoms with Gasteiger partial charge in [0, 0.05) is 32.1 Å². The van der Waals surface area contributed by atoms with Gasteiger partial charge < -0.3 is 15.1 Å². The van der Waals surface area contributed by atoms with Crippen molar-refractivity contribution in [3.63, 3.8) is 0 Å². The van der Waals surface area contributed by atoms with Crippen molar-refractivity contribution in [2.75, 3.05) is 26.2 Å². The Bertz CT molecular complexity index is 494. The second-order valence-corrected chi connectivity index (χ2v) is 7.75. The number of nitrogens with one attached hydrogen (secondary N) is 1. The molecule has 0 aromatic carbocycles. The van der Waals surface area contributed by atoms with Gasteiger partial charge in [0.1, 0.15) is 0 Å². The van der Waals surface area contributed by atoms with Crippen LogP contribution in [0.25, 0.3) is 0 Å². The Morgan fingerprint density at radius 2 is 1.60 bits per heavy atom. The van der Waals surface area contributed by atoms with E-state index in [1.807, 2.05) is 9.80 Å². The van der Waals surface area contributed by atoms with Crippen LogP contribution in [-0.2, 0) is 14.4 Å². The van der Waals surface area contributed by atoms with Crippen LogP contribution in [0.5, 0.6) is 0 Å². The predicted molar refractivity (Wildman–Crippen MR) is 94.8 cm³/mol. The summed E-state index contributed by atoms with van der Waals surface area (Å²) in [5.41, 5.74) is 0. The molecule has 1 saturated carbocycles. The number of carbonyl (C=O) groups is 3. The molecular formula is C19H31N3O3. The van der Waals surface area contributed by atoms with E-state index < -0.39 is 0 Å². The molecule has 140 valence electrons. The Hall–Kier alpha value is -1.59. The van der Waals surface area contributed by atoms with Crippen LogP contribution in [0.2, 0.25) is 0 Å². The monoisotopic (exact) mass is 349 g/mol. The maximum Gasteiger partial charge on any atom is 0.241 e. The molecule has 0 spiro atoms. The van der Waals surface area contributed by atoms with Crippen LogP contribution >= 0.6 is 0 Å². The van der Waals surface area contributed by atoms with Gasteiger partial charge in [-0.3, -0.25) is 14.4 Å². The first-order chi connectivity index (χ1) is 12.1. The number of nitrogens with zero attached hydrogens (tertiary/aromatic N) is 2. The highest BCUT2D eigenvalue weighted by Gasteiger charge is 2.38. The molecule has 3 amide bonds. The predicted octanol–water partition coefficient (Wildman–Crippen LogP) is 1.69. The Morgan fingerprint density at radius 3 is 2.28 bits per heavy atom. The fraction of sp³-hybridized carbons (Fsp3) is 0.842. The topological polar surface area (TPSA) is 69.7 Å². The van der Waals surface area contributed by atoms with Gasteiger partial charge in [-0.2, -0.15) is 0 Å². The van der Waals surface area contributed by atoms with E-state index in [1.165, 1.54) is 32.1 Å². The highest BCUT2D eigenvalue weighted by Crippen LogP contribution is 2.28. The molecule has 3 fully saturated rings. The van der Waals surface area contributed by atoms with Gasteiger partial charge in [0.15, 0.2) is 0 Å². The van der Waals surface area contributed by atoms with Crippen molar-refractivity contribution in [3.05, 3.63) is 0 Å². The standard InChI is InChI=1S/C19H31N3O3/c23-17-12-15(14-22(17)16-8-4-1-2-5-9-16)19(25)20-13-18(24)21-10-6-3-7-11-21/h15-16H,1-14H2,(H,20,25). The molecule has 2 aliphatic heterocycles. The molecule has 1 aliphatic carbocycles. The highest BCUT2D eigenvalue weighted by molar-refractivity contribution is 5.91. The van der Waals surface area contributed by atoms with Crippen LogP contribution in [-0.4, -0.2) is 59.7 Å². The molecule has 2 saturated heterocycles. The van der Waals surface area contributed by atoms with Crippen LogP contribution < -0.4 is 5.32 Å². The van der Waals surface area contributed by atoms with Crippen molar-refractivity contribution >= 4 is 17.7 Å². The van der Waals surface area contributed by atoms with Crippen molar-refractivity contribution in [2.24, 2.45) is 5.92 Å². The molecule has 3 rings (SSSR count). The molecule has 1 unspecified atom stereocenters. The zero-order valence-electron chi connectivity index (χ0n) is 15.2. The Labute approximate surface area is 150 Å². The van der Waals surface area contributed by atoms with Crippen LogP contribution in [0.15, 0.2) is 0 Å². The second kappa shape index (κ2) is 8.68. The summed E-state index contributed by atoms with van der Waals surface area (Å²) in [4.78, 5) is 40.7. The summed E-state index contributed by atoms with van der Waals surface area (Å²) < 4.78 is 0. The lowest BCUT2D eigenvalue weighted by Crippen LogP contribution is -2.44. The van der Waals surface area contributed by atoms with Crippen molar-refractivity contribution in [1.82, 2.24) is 15.1 Å². The third kappa shape index (κ3) is 4.73. The molecule has 0 radical (unpaired) electrons. The van der Waals surface area contributed by atoms with Gasteiger partial charge in [-0.05, 0) is 32.1 Å². The van der Waals surface area contributed by atoms with E-state index in [0.29, 0.717) is 19.0 Å². The molecule has 25 heavy (non-hydrogen) atoms. The van der Waals surface area contributed by atoms with E-state index in [0.717, 1.165) is 38.8 Å². The van der Waals surface area contributed by atoms with Gasteiger partial charge in [0.2, 0.25) is 17.7 Å². The summed E-state index contributed by atoms with van der Waals surface area (Å²) in [5, 5.41) is 2.77. The third-order valence-electron chi connectivity index (χ3n) is 5.92. The van der Waals surface area contributed by atoms with E-state index in [-0.39, 0.29) is 30.2 Å². The van der Waals surface area contributed by atoms with Crippen molar-refractivity contribution in [1.29, 1.82) is 0 Å². The number of likely N-dealkylation sites (tertiary alicyclic amines) is 2. The van der Waals surface area contributed by atoms with Crippen LogP contribution in [0.4, 0.5) is 0 Å². The van der Waals surface area contributed by atoms with Gasteiger partial charge in [-0.1, -0.05) is 25.7 Å². The minimum Gasteiger partial charge on any atom is -0.347 e. The Kier molecular flexibility index (Phi) is 6.32. The van der Waals surface area contributed by atoms with Crippen molar-refractivity contribution < 1.29 is 14.4 Å². The largest absolute Gasteiger partial charge is 0.347 e. The molecule has 0 aromatic rings. The lowest BCUT2D eigenvalue weighted by molar-refractivity contribution is -0.134. The van der Waals surface area contributed by atoms with Gasteiger partial charge in [0.05, 0.1) is 12.5 Å². The lowest BCUT2D eigenvalue weighted by Gasteiger charge is -2.27. The van der Waals surface area contributed by atoms with E-state index in [1.54, 1.807) is 0 Å². The zero-order chi connectivity index (χ0) is 17.6. The molecular weight excluding hydrogens is 318 g/mol. The first-order valence-corrected chi connectivity index (χ1v) is 10.00. The molecule has 6 nitrogen and oxygen atoms in total. The van der Waals surface area contributed by atoms with Gasteiger partial charge >= 0.3 is 0 Å². The van der Waals surface area contributed by atoms with Gasteiger partial charge in [-0.15, -0.1) is 0 Å². The molecule has 0 aromatic heterocycles. The average molecular weight is 349 g/mol. The molecule has 1 atom stereocenters. The molecule has 6 heteroatoms. The summed E-state index contributed by atoms with van der Waals surface area (Å²) in [6.45, 7) is 2.18. The summed E-state index contributed by atoms with van der Waals surface area (Å²) in [7, 11) is 0. The first-order valence-electron chi connectivity index (χ1n) is 10.00. The molecule has 1 N–H and O–H groups in total. The van der Waals surface area contributed by atoms with Gasteiger partial charge in [-0.25, -0.2) is 0 Å². The van der Waals surface area contributed by atoms with E-state index in [4.69, 9.17) is 0 Å². The van der Waals surface area contributed by atoms with Crippen molar-refractivity contribution in [3.8, 4) is 0 Å². The van der Waals surface area contributed by atoms with Crippen LogP contribution in [0.1, 0.15) is 64.2 Å². The van der Waals surface area contributed by atoms with E-state index in [9.17, 15) is 14.4 Å². The highest BCUT2D eigenvalue weighted by atomic mass is 16.2. The average Bonchev–Trinajstić information content (AvgIpc) is 2.85. The fourth-order valence-electron chi connectivity index (χ4n) is 4.39.